The van der Waals surface area contributed by atoms with Crippen LogP contribution in [0, 0.1) is 0 Å². The average molecular weight is 218 g/mol. The van der Waals surface area contributed by atoms with Crippen LogP contribution in [0.1, 0.15) is 20.3 Å². The lowest BCUT2D eigenvalue weighted by atomic mass is 10.1. The Bertz CT molecular complexity index is 152. The minimum absolute atomic E-state index is 0.0556. The number of nitrogens with zero attached hydrogens (tertiary/aromatic N) is 1. The molecule has 4 heteroatoms. The van der Waals surface area contributed by atoms with Gasteiger partial charge in [0.25, 0.3) is 0 Å². The normalized spacial score (nSPS) is 12.4. The minimum atomic E-state index is -0.0556. The Hall–Kier alpha value is -0.160. The maximum absolute atomic E-state index is 5.56. The molecule has 4 nitrogen and oxygen atoms in total. The highest BCUT2D eigenvalue weighted by Crippen LogP contribution is 2.13. The van der Waals surface area contributed by atoms with Crippen molar-refractivity contribution in [2.75, 3.05) is 47.0 Å². The van der Waals surface area contributed by atoms with Gasteiger partial charge in [-0.15, -0.1) is 0 Å². The standard InChI is InChI=1S/C11H26N2O2/c1-11(2,15-4)5-7-13(8-6-12)9-10-14-3/h5-10,12H2,1-4H3. The Labute approximate surface area is 93.7 Å². The predicted octanol–water partition coefficient (Wildman–Crippen LogP) is 0.709. The fourth-order valence-corrected chi connectivity index (χ4v) is 1.27. The molecule has 0 aromatic rings. The van der Waals surface area contributed by atoms with Crippen molar-refractivity contribution in [2.24, 2.45) is 5.73 Å². The van der Waals surface area contributed by atoms with Gasteiger partial charge in [-0.1, -0.05) is 0 Å². The van der Waals surface area contributed by atoms with Crippen molar-refractivity contribution in [3.8, 4) is 0 Å². The van der Waals surface area contributed by atoms with Gasteiger partial charge in [-0.25, -0.2) is 0 Å². The van der Waals surface area contributed by atoms with Crippen LogP contribution in [0.5, 0.6) is 0 Å². The van der Waals surface area contributed by atoms with Crippen LogP contribution < -0.4 is 5.73 Å². The highest BCUT2D eigenvalue weighted by atomic mass is 16.5. The Morgan fingerprint density at radius 2 is 1.80 bits per heavy atom. The fraction of sp³-hybridized carbons (Fsp3) is 1.00. The maximum atomic E-state index is 5.56. The Balaban J connectivity index is 3.83. The van der Waals surface area contributed by atoms with E-state index in [-0.39, 0.29) is 5.60 Å². The highest BCUT2D eigenvalue weighted by molar-refractivity contribution is 4.71. The van der Waals surface area contributed by atoms with Crippen molar-refractivity contribution in [1.29, 1.82) is 0 Å². The molecule has 0 aliphatic carbocycles. The Morgan fingerprint density at radius 3 is 2.27 bits per heavy atom. The van der Waals surface area contributed by atoms with Crippen LogP contribution in [0.4, 0.5) is 0 Å². The second-order valence-corrected chi connectivity index (χ2v) is 4.34. The van der Waals surface area contributed by atoms with Gasteiger partial charge in [-0.2, -0.15) is 0 Å². The van der Waals surface area contributed by atoms with Crippen molar-refractivity contribution in [2.45, 2.75) is 25.9 Å². The molecule has 2 N–H and O–H groups in total. The quantitative estimate of drug-likeness (QED) is 0.619. The van der Waals surface area contributed by atoms with Gasteiger partial charge in [0.1, 0.15) is 0 Å². The van der Waals surface area contributed by atoms with E-state index in [0.717, 1.165) is 32.7 Å². The lowest BCUT2D eigenvalue weighted by molar-refractivity contribution is 0.00599. The molecule has 0 aromatic heterocycles. The number of hydrogen-bond acceptors (Lipinski definition) is 4. The van der Waals surface area contributed by atoms with Crippen LogP contribution >= 0.6 is 0 Å². The number of nitrogens with two attached hydrogens (primary N) is 1. The van der Waals surface area contributed by atoms with Crippen LogP contribution in [0.15, 0.2) is 0 Å². The highest BCUT2D eigenvalue weighted by Gasteiger charge is 2.17. The largest absolute Gasteiger partial charge is 0.383 e. The molecule has 0 aliphatic rings. The molecule has 0 heterocycles. The van der Waals surface area contributed by atoms with Crippen LogP contribution in [0.25, 0.3) is 0 Å². The molecule has 0 unspecified atom stereocenters. The summed E-state index contributed by atoms with van der Waals surface area (Å²) in [5.74, 6) is 0. The molecule has 92 valence electrons. The zero-order valence-electron chi connectivity index (χ0n) is 10.6. The first-order chi connectivity index (χ1) is 7.05. The van der Waals surface area contributed by atoms with E-state index in [0.29, 0.717) is 6.54 Å². The van der Waals surface area contributed by atoms with Crippen molar-refractivity contribution >= 4 is 0 Å². The van der Waals surface area contributed by atoms with Crippen LogP contribution in [0.2, 0.25) is 0 Å². The van der Waals surface area contributed by atoms with Crippen molar-refractivity contribution in [3.63, 3.8) is 0 Å². The first-order valence-corrected chi connectivity index (χ1v) is 5.52. The van der Waals surface area contributed by atoms with Crippen LogP contribution in [-0.2, 0) is 9.47 Å². The summed E-state index contributed by atoms with van der Waals surface area (Å²) in [6.07, 6.45) is 1.01. The summed E-state index contributed by atoms with van der Waals surface area (Å²) in [6, 6.07) is 0. The molecule has 0 saturated heterocycles. The number of hydrogen-bond donors (Lipinski definition) is 1. The smallest absolute Gasteiger partial charge is 0.0634 e. The van der Waals surface area contributed by atoms with Gasteiger partial charge < -0.3 is 15.2 Å². The second-order valence-electron chi connectivity index (χ2n) is 4.34. The molecule has 0 spiro atoms. The lowest BCUT2D eigenvalue weighted by Gasteiger charge is -2.28. The van der Waals surface area contributed by atoms with E-state index < -0.39 is 0 Å². The van der Waals surface area contributed by atoms with E-state index in [1.165, 1.54) is 0 Å². The van der Waals surface area contributed by atoms with Gasteiger partial charge >= 0.3 is 0 Å². The molecule has 0 atom stereocenters. The third-order valence-corrected chi connectivity index (χ3v) is 2.64. The summed E-state index contributed by atoms with van der Waals surface area (Å²) in [4.78, 5) is 2.31. The van der Waals surface area contributed by atoms with E-state index in [4.69, 9.17) is 15.2 Å². The summed E-state index contributed by atoms with van der Waals surface area (Å²) in [6.45, 7) is 8.51. The van der Waals surface area contributed by atoms with Crippen LogP contribution in [-0.4, -0.2) is 57.5 Å². The summed E-state index contributed by atoms with van der Waals surface area (Å²) in [5.41, 5.74) is 5.50. The SMILES string of the molecule is COCCN(CCN)CCC(C)(C)OC. The van der Waals surface area contributed by atoms with Gasteiger partial charge in [-0.05, 0) is 20.3 Å². The van der Waals surface area contributed by atoms with E-state index in [2.05, 4.69) is 18.7 Å². The summed E-state index contributed by atoms with van der Waals surface area (Å²) in [7, 11) is 3.47. The molecule has 0 rings (SSSR count). The third-order valence-electron chi connectivity index (χ3n) is 2.64. The van der Waals surface area contributed by atoms with E-state index in [1.807, 2.05) is 0 Å². The van der Waals surface area contributed by atoms with E-state index in [1.54, 1.807) is 14.2 Å². The summed E-state index contributed by atoms with van der Waals surface area (Å²) in [5, 5.41) is 0. The molecule has 15 heavy (non-hydrogen) atoms. The lowest BCUT2D eigenvalue weighted by Crippen LogP contribution is -2.37. The van der Waals surface area contributed by atoms with E-state index in [9.17, 15) is 0 Å². The van der Waals surface area contributed by atoms with Gasteiger partial charge in [0.2, 0.25) is 0 Å². The zero-order chi connectivity index (χ0) is 11.7. The van der Waals surface area contributed by atoms with Crippen molar-refractivity contribution < 1.29 is 9.47 Å². The molecule has 0 fully saturated rings. The van der Waals surface area contributed by atoms with Gasteiger partial charge in [0, 0.05) is 40.4 Å². The van der Waals surface area contributed by atoms with Crippen molar-refractivity contribution in [1.82, 2.24) is 4.90 Å². The second kappa shape index (κ2) is 8.05. The first-order valence-electron chi connectivity index (χ1n) is 5.52. The summed E-state index contributed by atoms with van der Waals surface area (Å²) >= 11 is 0. The Kier molecular flexibility index (Phi) is 7.96. The van der Waals surface area contributed by atoms with Gasteiger partial charge in [0.05, 0.1) is 12.2 Å². The monoisotopic (exact) mass is 218 g/mol. The molecule has 0 bridgehead atoms. The number of ether oxygens (including phenoxy) is 2. The Morgan fingerprint density at radius 1 is 1.13 bits per heavy atom. The predicted molar refractivity (Wildman–Crippen MR) is 63.1 cm³/mol. The molecule has 0 saturated carbocycles. The van der Waals surface area contributed by atoms with Crippen molar-refractivity contribution in [3.05, 3.63) is 0 Å². The molecule has 0 amide bonds. The van der Waals surface area contributed by atoms with Crippen LogP contribution in [0.3, 0.4) is 0 Å². The van der Waals surface area contributed by atoms with Gasteiger partial charge in [-0.3, -0.25) is 4.90 Å². The maximum Gasteiger partial charge on any atom is 0.0634 e. The topological polar surface area (TPSA) is 47.7 Å². The molecule has 0 radical (unpaired) electrons. The first kappa shape index (κ1) is 14.8. The number of methoxy groups -OCH3 is 2. The third kappa shape index (κ3) is 7.73. The summed E-state index contributed by atoms with van der Waals surface area (Å²) < 4.78 is 10.4. The fourth-order valence-electron chi connectivity index (χ4n) is 1.27. The molecule has 0 aliphatic heterocycles. The van der Waals surface area contributed by atoms with Gasteiger partial charge in [0.15, 0.2) is 0 Å². The zero-order valence-corrected chi connectivity index (χ0v) is 10.6. The molecule has 0 aromatic carbocycles. The molecular weight excluding hydrogens is 192 g/mol. The molecular formula is C11H26N2O2. The number of rotatable bonds is 9. The minimum Gasteiger partial charge on any atom is -0.383 e. The average Bonchev–Trinajstić information content (AvgIpc) is 2.22. The van der Waals surface area contributed by atoms with E-state index >= 15 is 0 Å².